The molecule has 0 unspecified atom stereocenters. The zero-order chi connectivity index (χ0) is 19.2. The molecule has 0 heterocycles. The van der Waals surface area contributed by atoms with Crippen LogP contribution in [0.2, 0.25) is 0 Å². The summed E-state index contributed by atoms with van der Waals surface area (Å²) < 4.78 is 10.6. The number of nitrogens with zero attached hydrogens (tertiary/aromatic N) is 1. The van der Waals surface area contributed by atoms with E-state index in [1.807, 2.05) is 0 Å². The van der Waals surface area contributed by atoms with Gasteiger partial charge in [0, 0.05) is 45.5 Å². The van der Waals surface area contributed by atoms with Gasteiger partial charge in [-0.25, -0.2) is 0 Å². The van der Waals surface area contributed by atoms with Crippen LogP contribution in [0.4, 0.5) is 0 Å². The summed E-state index contributed by atoms with van der Waals surface area (Å²) in [5.41, 5.74) is 0.606. The van der Waals surface area contributed by atoms with E-state index in [0.717, 1.165) is 31.9 Å². The second kappa shape index (κ2) is 15.5. The summed E-state index contributed by atoms with van der Waals surface area (Å²) in [7, 11) is 3.32. The molecule has 1 aromatic rings. The van der Waals surface area contributed by atoms with E-state index in [1.54, 1.807) is 38.4 Å². The van der Waals surface area contributed by atoms with Gasteiger partial charge in [0.05, 0.1) is 7.11 Å². The Balaban J connectivity index is 0.00000676. The lowest BCUT2D eigenvalue weighted by Crippen LogP contribution is -2.42. The standard InChI is InChI=1S/C19H32N4O3.HI/c1-15(2)14-26-13-5-10-22-19(20-3)23-12-11-21-18(24)16-6-8-17(25-4)9-7-16;/h6-9,15H,5,10-14H2,1-4H3,(H,21,24)(H2,20,22,23);1H. The predicted molar refractivity (Wildman–Crippen MR) is 120 cm³/mol. The number of carbonyl (C=O) groups excluding carboxylic acids is 1. The molecule has 0 atom stereocenters. The Kier molecular flexibility index (Phi) is 14.6. The van der Waals surface area contributed by atoms with Gasteiger partial charge >= 0.3 is 0 Å². The van der Waals surface area contributed by atoms with Gasteiger partial charge in [-0.2, -0.15) is 0 Å². The van der Waals surface area contributed by atoms with Crippen LogP contribution in [0.25, 0.3) is 0 Å². The maximum absolute atomic E-state index is 12.0. The third kappa shape index (κ3) is 11.7. The van der Waals surface area contributed by atoms with Gasteiger partial charge in [0.2, 0.25) is 0 Å². The fourth-order valence-electron chi connectivity index (χ4n) is 2.12. The van der Waals surface area contributed by atoms with Crippen molar-refractivity contribution in [2.24, 2.45) is 10.9 Å². The minimum Gasteiger partial charge on any atom is -0.497 e. The lowest BCUT2D eigenvalue weighted by molar-refractivity contribution is 0.0954. The maximum atomic E-state index is 12.0. The lowest BCUT2D eigenvalue weighted by Gasteiger charge is -2.13. The first kappa shape index (κ1) is 25.4. The normalized spacial score (nSPS) is 10.9. The molecule has 7 nitrogen and oxygen atoms in total. The summed E-state index contributed by atoms with van der Waals surface area (Å²) in [5, 5.41) is 9.25. The Morgan fingerprint density at radius 3 is 2.30 bits per heavy atom. The molecule has 0 aliphatic heterocycles. The molecule has 0 saturated heterocycles. The Morgan fingerprint density at radius 2 is 1.70 bits per heavy atom. The van der Waals surface area contributed by atoms with Crippen LogP contribution in [-0.4, -0.2) is 58.9 Å². The van der Waals surface area contributed by atoms with Crippen molar-refractivity contribution in [3.05, 3.63) is 29.8 Å². The first-order chi connectivity index (χ1) is 12.6. The minimum absolute atomic E-state index is 0. The number of amides is 1. The van der Waals surface area contributed by atoms with Gasteiger partial charge in [-0.15, -0.1) is 24.0 Å². The lowest BCUT2D eigenvalue weighted by atomic mass is 10.2. The SMILES string of the molecule is CN=C(NCCCOCC(C)C)NCCNC(=O)c1ccc(OC)cc1.I. The van der Waals surface area contributed by atoms with Crippen molar-refractivity contribution >= 4 is 35.8 Å². The Morgan fingerprint density at radius 1 is 1.07 bits per heavy atom. The Labute approximate surface area is 179 Å². The highest BCUT2D eigenvalue weighted by Gasteiger charge is 2.05. The van der Waals surface area contributed by atoms with Crippen LogP contribution >= 0.6 is 24.0 Å². The van der Waals surface area contributed by atoms with Crippen molar-refractivity contribution < 1.29 is 14.3 Å². The maximum Gasteiger partial charge on any atom is 0.251 e. The number of benzene rings is 1. The van der Waals surface area contributed by atoms with E-state index in [2.05, 4.69) is 34.8 Å². The molecule has 1 amide bonds. The van der Waals surface area contributed by atoms with E-state index in [4.69, 9.17) is 9.47 Å². The number of rotatable bonds is 11. The highest BCUT2D eigenvalue weighted by atomic mass is 127. The molecule has 0 fully saturated rings. The smallest absolute Gasteiger partial charge is 0.251 e. The predicted octanol–water partition coefficient (Wildman–Crippen LogP) is 2.27. The monoisotopic (exact) mass is 492 g/mol. The van der Waals surface area contributed by atoms with Gasteiger partial charge in [-0.05, 0) is 36.6 Å². The van der Waals surface area contributed by atoms with Crippen molar-refractivity contribution in [3.63, 3.8) is 0 Å². The van der Waals surface area contributed by atoms with Gasteiger partial charge in [0.1, 0.15) is 5.75 Å². The largest absolute Gasteiger partial charge is 0.497 e. The fraction of sp³-hybridized carbons (Fsp3) is 0.579. The second-order valence-corrected chi connectivity index (χ2v) is 6.23. The third-order valence-electron chi connectivity index (χ3n) is 3.49. The topological polar surface area (TPSA) is 84.0 Å². The van der Waals surface area contributed by atoms with Gasteiger partial charge in [0.15, 0.2) is 5.96 Å². The highest BCUT2D eigenvalue weighted by molar-refractivity contribution is 14.0. The summed E-state index contributed by atoms with van der Waals surface area (Å²) in [6, 6.07) is 7.01. The van der Waals surface area contributed by atoms with Gasteiger partial charge in [-0.3, -0.25) is 9.79 Å². The van der Waals surface area contributed by atoms with Gasteiger partial charge in [-0.1, -0.05) is 13.8 Å². The van der Waals surface area contributed by atoms with Crippen LogP contribution in [-0.2, 0) is 4.74 Å². The first-order valence-corrected chi connectivity index (χ1v) is 9.01. The second-order valence-electron chi connectivity index (χ2n) is 6.23. The van der Waals surface area contributed by atoms with E-state index in [1.165, 1.54) is 0 Å². The first-order valence-electron chi connectivity index (χ1n) is 9.01. The van der Waals surface area contributed by atoms with Crippen molar-refractivity contribution in [1.29, 1.82) is 0 Å². The molecular formula is C19H33IN4O3. The van der Waals surface area contributed by atoms with E-state index in [9.17, 15) is 4.79 Å². The summed E-state index contributed by atoms with van der Waals surface area (Å²) in [6.45, 7) is 7.68. The average molecular weight is 492 g/mol. The van der Waals surface area contributed by atoms with Crippen molar-refractivity contribution in [3.8, 4) is 5.75 Å². The molecule has 1 aromatic carbocycles. The van der Waals surface area contributed by atoms with Crippen molar-refractivity contribution in [2.75, 3.05) is 47.0 Å². The van der Waals surface area contributed by atoms with E-state index < -0.39 is 0 Å². The summed E-state index contributed by atoms with van der Waals surface area (Å²) in [5.74, 6) is 1.89. The van der Waals surface area contributed by atoms with Crippen LogP contribution in [0.5, 0.6) is 5.75 Å². The number of carbonyl (C=O) groups is 1. The average Bonchev–Trinajstić information content (AvgIpc) is 2.65. The molecule has 0 aliphatic carbocycles. The third-order valence-corrected chi connectivity index (χ3v) is 3.49. The molecule has 3 N–H and O–H groups in total. The number of ether oxygens (including phenoxy) is 2. The molecule has 0 aromatic heterocycles. The number of methoxy groups -OCH3 is 1. The molecule has 8 heteroatoms. The van der Waals surface area contributed by atoms with Crippen molar-refractivity contribution in [1.82, 2.24) is 16.0 Å². The van der Waals surface area contributed by atoms with Crippen LogP contribution in [0.1, 0.15) is 30.6 Å². The molecule has 0 radical (unpaired) electrons. The molecule has 1 rings (SSSR count). The van der Waals surface area contributed by atoms with Crippen LogP contribution in [0.15, 0.2) is 29.3 Å². The van der Waals surface area contributed by atoms with Crippen LogP contribution in [0, 0.1) is 5.92 Å². The van der Waals surface area contributed by atoms with E-state index in [-0.39, 0.29) is 29.9 Å². The number of nitrogens with one attached hydrogen (secondary N) is 3. The Hall–Kier alpha value is -1.55. The van der Waals surface area contributed by atoms with Crippen LogP contribution in [0.3, 0.4) is 0 Å². The summed E-state index contributed by atoms with van der Waals surface area (Å²) in [4.78, 5) is 16.2. The zero-order valence-electron chi connectivity index (χ0n) is 16.7. The number of hydrogen-bond acceptors (Lipinski definition) is 4. The molecule has 27 heavy (non-hydrogen) atoms. The highest BCUT2D eigenvalue weighted by Crippen LogP contribution is 2.10. The van der Waals surface area contributed by atoms with Crippen molar-refractivity contribution in [2.45, 2.75) is 20.3 Å². The van der Waals surface area contributed by atoms with E-state index >= 15 is 0 Å². The summed E-state index contributed by atoms with van der Waals surface area (Å²) in [6.07, 6.45) is 0.918. The Bertz CT molecular complexity index is 550. The summed E-state index contributed by atoms with van der Waals surface area (Å²) >= 11 is 0. The quantitative estimate of drug-likeness (QED) is 0.191. The molecule has 0 bridgehead atoms. The number of hydrogen-bond donors (Lipinski definition) is 3. The number of guanidine groups is 1. The fourth-order valence-corrected chi connectivity index (χ4v) is 2.12. The van der Waals surface area contributed by atoms with Gasteiger partial charge < -0.3 is 25.4 Å². The minimum atomic E-state index is -0.111. The number of aliphatic imine (C=N–C) groups is 1. The van der Waals surface area contributed by atoms with Gasteiger partial charge in [0.25, 0.3) is 5.91 Å². The van der Waals surface area contributed by atoms with E-state index in [0.29, 0.717) is 30.5 Å². The molecule has 0 spiro atoms. The zero-order valence-corrected chi connectivity index (χ0v) is 19.0. The molecule has 0 saturated carbocycles. The van der Waals surface area contributed by atoms with Crippen LogP contribution < -0.4 is 20.7 Å². The molecule has 0 aliphatic rings. The number of halogens is 1. The molecular weight excluding hydrogens is 459 g/mol. The molecule has 154 valence electrons.